The molecule has 0 saturated heterocycles. The van der Waals surface area contributed by atoms with Crippen molar-refractivity contribution in [2.75, 3.05) is 0 Å². The Labute approximate surface area is 150 Å². The standard InChI is InChI=1S/C18H17BN4O3/c1-11-18(21-22-23(11)14-4-3-7-20-10-14)17(24)9-13-5-6-15-12(2)26-19(25)16(15)8-13/h3-8,10,12,25H,9H2,1-2H3. The summed E-state index contributed by atoms with van der Waals surface area (Å²) in [4.78, 5) is 16.8. The van der Waals surface area contributed by atoms with Crippen LogP contribution in [-0.4, -0.2) is 37.9 Å². The molecule has 3 heterocycles. The van der Waals surface area contributed by atoms with Crippen LogP contribution in [0.15, 0.2) is 42.7 Å². The van der Waals surface area contributed by atoms with E-state index in [0.717, 1.165) is 22.3 Å². The second-order valence-corrected chi connectivity index (χ2v) is 6.34. The van der Waals surface area contributed by atoms with Gasteiger partial charge in [0.2, 0.25) is 0 Å². The summed E-state index contributed by atoms with van der Waals surface area (Å²) in [6, 6.07) is 9.26. The molecule has 0 radical (unpaired) electrons. The highest BCUT2D eigenvalue weighted by molar-refractivity contribution is 6.61. The zero-order valence-corrected chi connectivity index (χ0v) is 14.5. The van der Waals surface area contributed by atoms with E-state index < -0.39 is 7.12 Å². The number of benzene rings is 1. The van der Waals surface area contributed by atoms with Crippen LogP contribution in [0.1, 0.15) is 40.3 Å². The number of carbonyl (C=O) groups excluding carboxylic acids is 1. The molecule has 0 amide bonds. The molecule has 7 nitrogen and oxygen atoms in total. The minimum absolute atomic E-state index is 0.126. The summed E-state index contributed by atoms with van der Waals surface area (Å²) >= 11 is 0. The van der Waals surface area contributed by atoms with E-state index >= 15 is 0 Å². The normalized spacial score (nSPS) is 16.0. The van der Waals surface area contributed by atoms with Gasteiger partial charge in [0.05, 0.1) is 23.7 Å². The Hall–Kier alpha value is -2.84. The van der Waals surface area contributed by atoms with Crippen molar-refractivity contribution in [1.82, 2.24) is 20.0 Å². The molecular formula is C18H17BN4O3. The lowest BCUT2D eigenvalue weighted by molar-refractivity contribution is 0.0987. The second kappa shape index (κ2) is 6.47. The second-order valence-electron chi connectivity index (χ2n) is 6.34. The van der Waals surface area contributed by atoms with E-state index in [2.05, 4.69) is 15.3 Å². The lowest BCUT2D eigenvalue weighted by atomic mass is 9.78. The molecule has 1 aromatic carbocycles. The number of pyridine rings is 1. The molecule has 1 atom stereocenters. The molecule has 0 fully saturated rings. The SMILES string of the molecule is Cc1c(C(=O)Cc2ccc3c(c2)B(O)OC3C)nnn1-c1cccnc1. The van der Waals surface area contributed by atoms with Crippen LogP contribution in [0.2, 0.25) is 0 Å². The van der Waals surface area contributed by atoms with E-state index in [-0.39, 0.29) is 18.3 Å². The van der Waals surface area contributed by atoms with Crippen molar-refractivity contribution >= 4 is 18.4 Å². The first-order valence-corrected chi connectivity index (χ1v) is 8.36. The van der Waals surface area contributed by atoms with E-state index in [1.54, 1.807) is 23.1 Å². The lowest BCUT2D eigenvalue weighted by Gasteiger charge is -2.06. The smallest absolute Gasteiger partial charge is 0.423 e. The third kappa shape index (κ3) is 2.83. The number of ketones is 1. The molecule has 1 aliphatic heterocycles. The summed E-state index contributed by atoms with van der Waals surface area (Å²) in [6.07, 6.45) is 3.38. The first kappa shape index (κ1) is 16.6. The molecule has 0 spiro atoms. The van der Waals surface area contributed by atoms with E-state index in [1.165, 1.54) is 0 Å². The first-order valence-electron chi connectivity index (χ1n) is 8.36. The largest absolute Gasteiger partial charge is 0.491 e. The van der Waals surface area contributed by atoms with Crippen molar-refractivity contribution in [3.8, 4) is 5.69 Å². The zero-order chi connectivity index (χ0) is 18.3. The molecule has 0 aliphatic carbocycles. The fraction of sp³-hybridized carbons (Fsp3) is 0.222. The number of carbonyl (C=O) groups is 1. The van der Waals surface area contributed by atoms with Gasteiger partial charge in [-0.25, -0.2) is 4.68 Å². The number of fused-ring (bicyclic) bond motifs is 1. The average molecular weight is 348 g/mol. The third-order valence-corrected chi connectivity index (χ3v) is 4.60. The molecular weight excluding hydrogens is 331 g/mol. The Morgan fingerprint density at radius 3 is 3.00 bits per heavy atom. The Balaban J connectivity index is 1.58. The molecule has 0 bridgehead atoms. The zero-order valence-electron chi connectivity index (χ0n) is 14.5. The molecule has 26 heavy (non-hydrogen) atoms. The van der Waals surface area contributed by atoms with Crippen molar-refractivity contribution in [1.29, 1.82) is 0 Å². The quantitative estimate of drug-likeness (QED) is 0.562. The molecule has 130 valence electrons. The maximum absolute atomic E-state index is 12.7. The maximum Gasteiger partial charge on any atom is 0.491 e. The summed E-state index contributed by atoms with van der Waals surface area (Å²) in [7, 11) is -0.941. The van der Waals surface area contributed by atoms with Crippen molar-refractivity contribution in [3.63, 3.8) is 0 Å². The molecule has 2 aromatic heterocycles. The number of aromatic nitrogens is 4. The first-order chi connectivity index (χ1) is 12.5. The third-order valence-electron chi connectivity index (χ3n) is 4.60. The molecule has 0 saturated carbocycles. The van der Waals surface area contributed by atoms with Gasteiger partial charge < -0.3 is 9.68 Å². The number of hydrogen-bond acceptors (Lipinski definition) is 6. The fourth-order valence-electron chi connectivity index (χ4n) is 3.24. The van der Waals surface area contributed by atoms with E-state index in [4.69, 9.17) is 4.65 Å². The highest BCUT2D eigenvalue weighted by Crippen LogP contribution is 2.23. The summed E-state index contributed by atoms with van der Waals surface area (Å²) < 4.78 is 6.99. The van der Waals surface area contributed by atoms with Gasteiger partial charge in [0.25, 0.3) is 0 Å². The van der Waals surface area contributed by atoms with Crippen LogP contribution in [0.4, 0.5) is 0 Å². The Morgan fingerprint density at radius 2 is 2.23 bits per heavy atom. The van der Waals surface area contributed by atoms with Gasteiger partial charge in [-0.2, -0.15) is 0 Å². The van der Waals surface area contributed by atoms with Gasteiger partial charge in [-0.3, -0.25) is 9.78 Å². The topological polar surface area (TPSA) is 90.1 Å². The molecule has 1 N–H and O–H groups in total. The highest BCUT2D eigenvalue weighted by Gasteiger charge is 2.32. The number of hydrogen-bond donors (Lipinski definition) is 1. The van der Waals surface area contributed by atoms with Crippen LogP contribution >= 0.6 is 0 Å². The average Bonchev–Trinajstić information content (AvgIpc) is 3.16. The minimum atomic E-state index is -0.941. The van der Waals surface area contributed by atoms with Crippen molar-refractivity contribution < 1.29 is 14.5 Å². The maximum atomic E-state index is 12.7. The van der Waals surface area contributed by atoms with Gasteiger partial charge in [-0.05, 0) is 42.6 Å². The number of nitrogens with zero attached hydrogens (tertiary/aromatic N) is 4. The summed E-state index contributed by atoms with van der Waals surface area (Å²) in [5.41, 5.74) is 4.23. The van der Waals surface area contributed by atoms with Crippen LogP contribution in [0.25, 0.3) is 5.69 Å². The van der Waals surface area contributed by atoms with Crippen LogP contribution in [0, 0.1) is 6.92 Å². The van der Waals surface area contributed by atoms with Gasteiger partial charge in [0.1, 0.15) is 0 Å². The van der Waals surface area contributed by atoms with Gasteiger partial charge in [0.15, 0.2) is 11.5 Å². The Bertz CT molecular complexity index is 974. The molecule has 8 heteroatoms. The molecule has 3 aromatic rings. The van der Waals surface area contributed by atoms with E-state index in [1.807, 2.05) is 38.1 Å². The van der Waals surface area contributed by atoms with Crippen LogP contribution < -0.4 is 5.46 Å². The lowest BCUT2D eigenvalue weighted by Crippen LogP contribution is -2.28. The van der Waals surface area contributed by atoms with Gasteiger partial charge in [-0.15, -0.1) is 5.10 Å². The van der Waals surface area contributed by atoms with Crippen LogP contribution in [-0.2, 0) is 11.1 Å². The number of Topliss-reactive ketones (excluding diaryl/α,β-unsaturated/α-hetero) is 1. The Kier molecular flexibility index (Phi) is 4.14. The molecule has 1 unspecified atom stereocenters. The van der Waals surface area contributed by atoms with Crippen LogP contribution in [0.5, 0.6) is 0 Å². The van der Waals surface area contributed by atoms with Crippen LogP contribution in [0.3, 0.4) is 0 Å². The predicted molar refractivity (Wildman–Crippen MR) is 95.5 cm³/mol. The fourth-order valence-corrected chi connectivity index (χ4v) is 3.24. The predicted octanol–water partition coefficient (Wildman–Crippen LogP) is 1.17. The van der Waals surface area contributed by atoms with Crippen molar-refractivity contribution in [2.24, 2.45) is 0 Å². The minimum Gasteiger partial charge on any atom is -0.423 e. The van der Waals surface area contributed by atoms with E-state index in [9.17, 15) is 9.82 Å². The van der Waals surface area contributed by atoms with Gasteiger partial charge in [0, 0.05) is 12.6 Å². The highest BCUT2D eigenvalue weighted by atomic mass is 16.5. The molecule has 4 rings (SSSR count). The summed E-state index contributed by atoms with van der Waals surface area (Å²) in [5.74, 6) is -0.126. The van der Waals surface area contributed by atoms with Crippen molar-refractivity contribution in [3.05, 3.63) is 65.2 Å². The summed E-state index contributed by atoms with van der Waals surface area (Å²) in [5, 5.41) is 18.1. The van der Waals surface area contributed by atoms with Gasteiger partial charge >= 0.3 is 7.12 Å². The van der Waals surface area contributed by atoms with Gasteiger partial charge in [-0.1, -0.05) is 23.4 Å². The Morgan fingerprint density at radius 1 is 1.38 bits per heavy atom. The van der Waals surface area contributed by atoms with Crippen molar-refractivity contribution in [2.45, 2.75) is 26.4 Å². The summed E-state index contributed by atoms with van der Waals surface area (Å²) in [6.45, 7) is 3.70. The van der Waals surface area contributed by atoms with E-state index in [0.29, 0.717) is 11.4 Å². The molecule has 1 aliphatic rings. The number of rotatable bonds is 4. The monoisotopic (exact) mass is 348 g/mol.